The van der Waals surface area contributed by atoms with Crippen molar-refractivity contribution >= 4 is 17.5 Å². The molecule has 0 fully saturated rings. The fourth-order valence-electron chi connectivity index (χ4n) is 2.35. The minimum absolute atomic E-state index is 0.0559. The molecule has 1 heterocycles. The van der Waals surface area contributed by atoms with Crippen molar-refractivity contribution in [3.05, 3.63) is 62.0 Å². The summed E-state index contributed by atoms with van der Waals surface area (Å²) < 4.78 is 52.1. The number of benzene rings is 1. The van der Waals surface area contributed by atoms with Crippen LogP contribution >= 0.6 is 11.6 Å². The number of halogens is 5. The average Bonchev–Trinajstić information content (AvgIpc) is 2.46. The number of hydrogen-bond donors (Lipinski definition) is 2. The van der Waals surface area contributed by atoms with E-state index in [0.717, 1.165) is 6.07 Å². The van der Waals surface area contributed by atoms with Crippen LogP contribution in [0.3, 0.4) is 0 Å². The Balaban J connectivity index is 2.39. The van der Waals surface area contributed by atoms with E-state index >= 15 is 0 Å². The Morgan fingerprint density at radius 2 is 1.81 bits per heavy atom. The number of amides is 1. The third kappa shape index (κ3) is 4.21. The zero-order chi connectivity index (χ0) is 19.9. The van der Waals surface area contributed by atoms with Gasteiger partial charge < -0.3 is 10.3 Å². The summed E-state index contributed by atoms with van der Waals surface area (Å²) in [6.07, 6.45) is -4.90. The average molecular weight is 392 g/mol. The summed E-state index contributed by atoms with van der Waals surface area (Å²) in [5.74, 6) is -2.07. The third-order valence-electron chi connectivity index (χ3n) is 3.55. The summed E-state index contributed by atoms with van der Waals surface area (Å²) in [6.45, 7) is 4.34. The van der Waals surface area contributed by atoms with Crippen molar-refractivity contribution in [1.29, 1.82) is 0 Å². The first-order chi connectivity index (χ1) is 11.8. The molecule has 0 unspecified atom stereocenters. The van der Waals surface area contributed by atoms with Gasteiger partial charge in [0.15, 0.2) is 0 Å². The number of H-pyrrole nitrogens is 1. The topological polar surface area (TPSA) is 74.8 Å². The number of aromatic nitrogens is 2. The molecule has 1 aromatic heterocycles. The SMILES string of the molecule is Cc1nc(C(=O)NC(C)(C)c2cc(F)c(C(F)(F)F)cc2Cl)cc(=O)[nH]1. The summed E-state index contributed by atoms with van der Waals surface area (Å²) in [5.41, 5.74) is -3.63. The number of alkyl halides is 3. The molecule has 1 amide bonds. The zero-order valence-electron chi connectivity index (χ0n) is 13.9. The fraction of sp³-hybridized carbons (Fsp3) is 0.312. The van der Waals surface area contributed by atoms with Gasteiger partial charge >= 0.3 is 6.18 Å². The number of aryl methyl sites for hydroxylation is 1. The molecule has 0 bridgehead atoms. The highest BCUT2D eigenvalue weighted by Crippen LogP contribution is 2.37. The molecule has 0 aliphatic heterocycles. The largest absolute Gasteiger partial charge is 0.419 e. The zero-order valence-corrected chi connectivity index (χ0v) is 14.6. The normalized spacial score (nSPS) is 12.2. The molecule has 0 atom stereocenters. The minimum atomic E-state index is -4.90. The first kappa shape index (κ1) is 19.9. The van der Waals surface area contributed by atoms with Gasteiger partial charge in [0, 0.05) is 11.1 Å². The van der Waals surface area contributed by atoms with Crippen molar-refractivity contribution in [3.63, 3.8) is 0 Å². The van der Waals surface area contributed by atoms with E-state index in [9.17, 15) is 27.2 Å². The summed E-state index contributed by atoms with van der Waals surface area (Å²) in [4.78, 5) is 30.0. The molecule has 0 radical (unpaired) electrons. The molecule has 26 heavy (non-hydrogen) atoms. The van der Waals surface area contributed by atoms with Crippen LogP contribution in [0, 0.1) is 12.7 Å². The van der Waals surface area contributed by atoms with E-state index in [0.29, 0.717) is 12.1 Å². The van der Waals surface area contributed by atoms with Crippen LogP contribution in [0.4, 0.5) is 17.6 Å². The van der Waals surface area contributed by atoms with Gasteiger partial charge in [0.2, 0.25) is 0 Å². The van der Waals surface area contributed by atoms with Crippen LogP contribution in [-0.4, -0.2) is 15.9 Å². The van der Waals surface area contributed by atoms with E-state index in [1.807, 2.05) is 0 Å². The van der Waals surface area contributed by atoms with Crippen LogP contribution in [0.1, 0.15) is 41.3 Å². The lowest BCUT2D eigenvalue weighted by atomic mass is 9.92. The molecule has 5 nitrogen and oxygen atoms in total. The molecule has 2 N–H and O–H groups in total. The number of nitrogens with one attached hydrogen (secondary N) is 2. The van der Waals surface area contributed by atoms with Crippen molar-refractivity contribution in [2.24, 2.45) is 0 Å². The van der Waals surface area contributed by atoms with Gasteiger partial charge in [-0.2, -0.15) is 13.2 Å². The van der Waals surface area contributed by atoms with E-state index in [-0.39, 0.29) is 22.1 Å². The summed E-state index contributed by atoms with van der Waals surface area (Å²) in [6, 6.07) is 2.06. The van der Waals surface area contributed by atoms with E-state index in [2.05, 4.69) is 15.3 Å². The highest BCUT2D eigenvalue weighted by Gasteiger charge is 2.37. The Kier molecular flexibility index (Phi) is 5.14. The number of hydrogen-bond acceptors (Lipinski definition) is 3. The van der Waals surface area contributed by atoms with Crippen molar-refractivity contribution in [2.45, 2.75) is 32.5 Å². The van der Waals surface area contributed by atoms with Crippen LogP contribution in [0.25, 0.3) is 0 Å². The second kappa shape index (κ2) is 6.71. The quantitative estimate of drug-likeness (QED) is 0.786. The second-order valence-electron chi connectivity index (χ2n) is 6.10. The van der Waals surface area contributed by atoms with Crippen molar-refractivity contribution in [1.82, 2.24) is 15.3 Å². The second-order valence-corrected chi connectivity index (χ2v) is 6.51. The molecule has 0 saturated carbocycles. The van der Waals surface area contributed by atoms with Gasteiger partial charge in [0.05, 0.1) is 11.1 Å². The van der Waals surface area contributed by atoms with E-state index in [1.54, 1.807) is 0 Å². The summed E-state index contributed by atoms with van der Waals surface area (Å²) in [7, 11) is 0. The first-order valence-corrected chi connectivity index (χ1v) is 7.66. The maximum atomic E-state index is 13.9. The van der Waals surface area contributed by atoms with E-state index < -0.39 is 34.6 Å². The van der Waals surface area contributed by atoms with Gasteiger partial charge in [0.25, 0.3) is 11.5 Å². The lowest BCUT2D eigenvalue weighted by Gasteiger charge is -2.28. The molecule has 2 aromatic rings. The van der Waals surface area contributed by atoms with Gasteiger partial charge in [-0.25, -0.2) is 9.37 Å². The maximum absolute atomic E-state index is 13.9. The summed E-state index contributed by atoms with van der Waals surface area (Å²) in [5, 5.41) is 2.12. The Morgan fingerprint density at radius 3 is 2.35 bits per heavy atom. The molecular weight excluding hydrogens is 378 g/mol. The van der Waals surface area contributed by atoms with Crippen LogP contribution in [-0.2, 0) is 11.7 Å². The number of carbonyl (C=O) groups is 1. The molecule has 0 spiro atoms. The first-order valence-electron chi connectivity index (χ1n) is 7.28. The standard InChI is InChI=1S/C16H14ClF4N3O2/c1-7-22-12(6-13(25)23-7)14(26)24-15(2,3)8-5-11(18)9(4-10(8)17)16(19,20)21/h4-6H,1-3H3,(H,24,26)(H,22,23,25). The van der Waals surface area contributed by atoms with Crippen LogP contribution < -0.4 is 10.9 Å². The van der Waals surface area contributed by atoms with Gasteiger partial charge in [-0.05, 0) is 38.5 Å². The van der Waals surface area contributed by atoms with Crippen LogP contribution in [0.2, 0.25) is 5.02 Å². The fourth-order valence-corrected chi connectivity index (χ4v) is 2.75. The smallest absolute Gasteiger partial charge is 0.342 e. The van der Waals surface area contributed by atoms with Crippen molar-refractivity contribution < 1.29 is 22.4 Å². The highest BCUT2D eigenvalue weighted by molar-refractivity contribution is 6.31. The molecule has 140 valence electrons. The minimum Gasteiger partial charge on any atom is -0.342 e. The van der Waals surface area contributed by atoms with Crippen LogP contribution in [0.5, 0.6) is 0 Å². The maximum Gasteiger partial charge on any atom is 0.419 e. The summed E-state index contributed by atoms with van der Waals surface area (Å²) >= 11 is 5.88. The molecule has 10 heteroatoms. The third-order valence-corrected chi connectivity index (χ3v) is 3.87. The van der Waals surface area contributed by atoms with Crippen molar-refractivity contribution in [3.8, 4) is 0 Å². The number of carbonyl (C=O) groups excluding carboxylic acids is 1. The predicted octanol–water partition coefficient (Wildman–Crippen LogP) is 3.55. The molecule has 0 saturated heterocycles. The van der Waals surface area contributed by atoms with Crippen molar-refractivity contribution in [2.75, 3.05) is 0 Å². The number of aromatic amines is 1. The lowest BCUT2D eigenvalue weighted by Crippen LogP contribution is -2.42. The Hall–Kier alpha value is -2.42. The van der Waals surface area contributed by atoms with E-state index in [4.69, 9.17) is 11.6 Å². The Bertz CT molecular complexity index is 923. The number of nitrogens with zero attached hydrogens (tertiary/aromatic N) is 1. The predicted molar refractivity (Wildman–Crippen MR) is 86.5 cm³/mol. The van der Waals surface area contributed by atoms with E-state index in [1.165, 1.54) is 20.8 Å². The lowest BCUT2D eigenvalue weighted by molar-refractivity contribution is -0.140. The van der Waals surface area contributed by atoms with Gasteiger partial charge in [-0.15, -0.1) is 0 Å². The molecule has 0 aliphatic rings. The highest BCUT2D eigenvalue weighted by atomic mass is 35.5. The molecule has 2 rings (SSSR count). The van der Waals surface area contributed by atoms with Gasteiger partial charge in [-0.3, -0.25) is 9.59 Å². The van der Waals surface area contributed by atoms with Crippen LogP contribution in [0.15, 0.2) is 23.0 Å². The molecule has 1 aromatic carbocycles. The van der Waals surface area contributed by atoms with Gasteiger partial charge in [-0.1, -0.05) is 11.6 Å². The number of rotatable bonds is 3. The monoisotopic (exact) mass is 391 g/mol. The molecular formula is C16H14ClF4N3O2. The Labute approximate surface area is 150 Å². The molecule has 0 aliphatic carbocycles. The van der Waals surface area contributed by atoms with Gasteiger partial charge in [0.1, 0.15) is 17.3 Å². The Morgan fingerprint density at radius 1 is 1.19 bits per heavy atom.